The second-order valence-electron chi connectivity index (χ2n) is 2.56. The molecule has 0 fully saturated rings. The molecular formula is C8H6ClIN2. The van der Waals surface area contributed by atoms with Crippen molar-refractivity contribution < 1.29 is 0 Å². The van der Waals surface area contributed by atoms with Gasteiger partial charge in [-0.2, -0.15) is 0 Å². The van der Waals surface area contributed by atoms with Crippen LogP contribution in [0.1, 0.15) is 0 Å². The van der Waals surface area contributed by atoms with Crippen LogP contribution in [0.15, 0.2) is 18.3 Å². The number of hydrogen-bond donors (Lipinski definition) is 0. The van der Waals surface area contributed by atoms with Gasteiger partial charge in [-0.25, -0.2) is 4.98 Å². The Hall–Kier alpha value is -0.290. The monoisotopic (exact) mass is 292 g/mol. The number of aryl methyl sites for hydroxylation is 1. The number of pyridine rings is 1. The van der Waals surface area contributed by atoms with E-state index in [2.05, 4.69) is 32.1 Å². The SMILES string of the molecule is Cn1c(I)cc2c(Cl)nccc21. The zero-order chi connectivity index (χ0) is 8.72. The number of hydrogen-bond acceptors (Lipinski definition) is 1. The molecule has 62 valence electrons. The van der Waals surface area contributed by atoms with E-state index >= 15 is 0 Å². The maximum atomic E-state index is 5.91. The minimum atomic E-state index is 0.575. The second kappa shape index (κ2) is 2.88. The van der Waals surface area contributed by atoms with Crippen LogP contribution in [0.2, 0.25) is 5.15 Å². The van der Waals surface area contributed by atoms with Crippen molar-refractivity contribution in [3.63, 3.8) is 0 Å². The highest BCUT2D eigenvalue weighted by atomic mass is 127. The van der Waals surface area contributed by atoms with Crippen molar-refractivity contribution in [3.8, 4) is 0 Å². The zero-order valence-corrected chi connectivity index (χ0v) is 9.30. The Morgan fingerprint density at radius 2 is 2.33 bits per heavy atom. The largest absolute Gasteiger partial charge is 0.339 e. The van der Waals surface area contributed by atoms with E-state index in [1.165, 1.54) is 0 Å². The standard InChI is InChI=1S/C8H6ClIN2/c1-12-6-2-3-11-8(9)5(6)4-7(12)10/h2-4H,1H3. The molecule has 4 heteroatoms. The first kappa shape index (κ1) is 8.31. The first-order chi connectivity index (χ1) is 5.70. The van der Waals surface area contributed by atoms with Gasteiger partial charge in [0.25, 0.3) is 0 Å². The maximum Gasteiger partial charge on any atom is 0.138 e. The first-order valence-corrected chi connectivity index (χ1v) is 4.91. The number of aromatic nitrogens is 2. The summed E-state index contributed by atoms with van der Waals surface area (Å²) in [5.41, 5.74) is 1.12. The van der Waals surface area contributed by atoms with Crippen molar-refractivity contribution in [2.75, 3.05) is 0 Å². The van der Waals surface area contributed by atoms with Gasteiger partial charge in [-0.15, -0.1) is 0 Å². The Kier molecular flexibility index (Phi) is 2.00. The Bertz CT molecular complexity index is 436. The molecule has 0 N–H and O–H groups in total. The van der Waals surface area contributed by atoms with Crippen LogP contribution in [0.5, 0.6) is 0 Å². The fourth-order valence-electron chi connectivity index (χ4n) is 1.20. The third-order valence-electron chi connectivity index (χ3n) is 1.86. The van der Waals surface area contributed by atoms with Crippen LogP contribution in [-0.2, 0) is 7.05 Å². The van der Waals surface area contributed by atoms with Gasteiger partial charge < -0.3 is 4.57 Å². The summed E-state index contributed by atoms with van der Waals surface area (Å²) in [4.78, 5) is 4.01. The molecule has 2 aromatic heterocycles. The topological polar surface area (TPSA) is 17.8 Å². The molecule has 0 amide bonds. The van der Waals surface area contributed by atoms with Crippen LogP contribution in [0, 0.1) is 3.70 Å². The molecule has 0 aromatic carbocycles. The average Bonchev–Trinajstić information content (AvgIpc) is 2.32. The zero-order valence-electron chi connectivity index (χ0n) is 6.38. The molecule has 0 saturated carbocycles. The van der Waals surface area contributed by atoms with Crippen molar-refractivity contribution >= 4 is 45.1 Å². The quantitative estimate of drug-likeness (QED) is 0.539. The highest BCUT2D eigenvalue weighted by Gasteiger charge is 2.05. The Labute approximate surface area is 88.7 Å². The van der Waals surface area contributed by atoms with E-state index in [1.54, 1.807) is 6.20 Å². The normalized spacial score (nSPS) is 10.9. The molecule has 0 spiro atoms. The summed E-state index contributed by atoms with van der Waals surface area (Å²) in [7, 11) is 2.01. The predicted molar refractivity (Wildman–Crippen MR) is 58.4 cm³/mol. The van der Waals surface area contributed by atoms with Crippen LogP contribution in [-0.4, -0.2) is 9.55 Å². The molecule has 0 atom stereocenters. The lowest BCUT2D eigenvalue weighted by Gasteiger charge is -1.96. The minimum absolute atomic E-state index is 0.575. The lowest BCUT2D eigenvalue weighted by atomic mass is 10.3. The van der Waals surface area contributed by atoms with E-state index in [1.807, 2.05) is 19.2 Å². The minimum Gasteiger partial charge on any atom is -0.339 e. The number of nitrogens with zero attached hydrogens (tertiary/aromatic N) is 2. The van der Waals surface area contributed by atoms with E-state index < -0.39 is 0 Å². The van der Waals surface area contributed by atoms with Crippen LogP contribution in [0.3, 0.4) is 0 Å². The number of halogens is 2. The smallest absolute Gasteiger partial charge is 0.138 e. The van der Waals surface area contributed by atoms with Crippen molar-refractivity contribution in [3.05, 3.63) is 27.2 Å². The summed E-state index contributed by atoms with van der Waals surface area (Å²) < 4.78 is 3.25. The predicted octanol–water partition coefficient (Wildman–Crippen LogP) is 2.83. The lowest BCUT2D eigenvalue weighted by molar-refractivity contribution is 0.937. The molecule has 2 aromatic rings. The highest BCUT2D eigenvalue weighted by Crippen LogP contribution is 2.24. The van der Waals surface area contributed by atoms with Gasteiger partial charge in [-0.3, -0.25) is 0 Å². The van der Waals surface area contributed by atoms with Crippen molar-refractivity contribution in [2.45, 2.75) is 0 Å². The van der Waals surface area contributed by atoms with Gasteiger partial charge in [-0.1, -0.05) is 11.6 Å². The van der Waals surface area contributed by atoms with Crippen molar-refractivity contribution in [1.29, 1.82) is 0 Å². The molecule has 0 aliphatic carbocycles. The molecule has 2 nitrogen and oxygen atoms in total. The molecule has 0 radical (unpaired) electrons. The fraction of sp³-hybridized carbons (Fsp3) is 0.125. The molecule has 0 bridgehead atoms. The van der Waals surface area contributed by atoms with Gasteiger partial charge in [0.15, 0.2) is 0 Å². The molecule has 2 rings (SSSR count). The third-order valence-corrected chi connectivity index (χ3v) is 3.20. The van der Waals surface area contributed by atoms with Crippen molar-refractivity contribution in [2.24, 2.45) is 7.05 Å². The van der Waals surface area contributed by atoms with E-state index in [0.717, 1.165) is 14.6 Å². The number of fused-ring (bicyclic) bond motifs is 1. The second-order valence-corrected chi connectivity index (χ2v) is 4.02. The summed E-state index contributed by atoms with van der Waals surface area (Å²) in [6, 6.07) is 3.99. The van der Waals surface area contributed by atoms with E-state index in [4.69, 9.17) is 11.6 Å². The third kappa shape index (κ3) is 1.11. The Balaban J connectivity index is 2.95. The van der Waals surface area contributed by atoms with Crippen LogP contribution in [0.25, 0.3) is 10.9 Å². The summed E-state index contributed by atoms with van der Waals surface area (Å²) in [6.07, 6.45) is 1.72. The first-order valence-electron chi connectivity index (χ1n) is 3.45. The summed E-state index contributed by atoms with van der Waals surface area (Å²) >= 11 is 8.19. The molecule has 0 saturated heterocycles. The van der Waals surface area contributed by atoms with E-state index in [-0.39, 0.29) is 0 Å². The lowest BCUT2D eigenvalue weighted by Crippen LogP contribution is -1.88. The van der Waals surface area contributed by atoms with Gasteiger partial charge >= 0.3 is 0 Å². The van der Waals surface area contributed by atoms with E-state index in [9.17, 15) is 0 Å². The summed E-state index contributed by atoms with van der Waals surface area (Å²) in [5, 5.41) is 1.59. The summed E-state index contributed by atoms with van der Waals surface area (Å²) in [5.74, 6) is 0. The van der Waals surface area contributed by atoms with Crippen LogP contribution >= 0.6 is 34.2 Å². The van der Waals surface area contributed by atoms with Gasteiger partial charge in [0.1, 0.15) is 5.15 Å². The molecule has 0 aliphatic rings. The molecule has 2 heterocycles. The van der Waals surface area contributed by atoms with Gasteiger partial charge in [-0.05, 0) is 34.7 Å². The number of rotatable bonds is 0. The van der Waals surface area contributed by atoms with Crippen molar-refractivity contribution in [1.82, 2.24) is 9.55 Å². The fourth-order valence-corrected chi connectivity index (χ4v) is 1.97. The average molecular weight is 293 g/mol. The molecule has 0 unspecified atom stereocenters. The van der Waals surface area contributed by atoms with E-state index in [0.29, 0.717) is 5.15 Å². The highest BCUT2D eigenvalue weighted by molar-refractivity contribution is 14.1. The molecular weight excluding hydrogens is 286 g/mol. The van der Waals surface area contributed by atoms with Gasteiger partial charge in [0.05, 0.1) is 9.22 Å². The van der Waals surface area contributed by atoms with Crippen LogP contribution < -0.4 is 0 Å². The Morgan fingerprint density at radius 3 is 3.00 bits per heavy atom. The van der Waals surface area contributed by atoms with Gasteiger partial charge in [0, 0.05) is 18.6 Å². The van der Waals surface area contributed by atoms with Crippen LogP contribution in [0.4, 0.5) is 0 Å². The summed E-state index contributed by atoms with van der Waals surface area (Å²) in [6.45, 7) is 0. The van der Waals surface area contributed by atoms with Gasteiger partial charge in [0.2, 0.25) is 0 Å². The molecule has 0 aliphatic heterocycles. The molecule has 12 heavy (non-hydrogen) atoms. The maximum absolute atomic E-state index is 5.91. The Morgan fingerprint density at radius 1 is 1.58 bits per heavy atom.